The van der Waals surface area contributed by atoms with Crippen molar-refractivity contribution >= 4 is 23.1 Å². The molecule has 168 valence electrons. The van der Waals surface area contributed by atoms with Crippen molar-refractivity contribution in [3.63, 3.8) is 0 Å². The van der Waals surface area contributed by atoms with Gasteiger partial charge in [-0.3, -0.25) is 9.97 Å². The molecule has 0 fully saturated rings. The Labute approximate surface area is 190 Å². The van der Waals surface area contributed by atoms with Crippen LogP contribution in [0, 0.1) is 6.92 Å². The highest BCUT2D eigenvalue weighted by molar-refractivity contribution is 6.21. The molecule has 0 saturated heterocycles. The van der Waals surface area contributed by atoms with Gasteiger partial charge >= 0.3 is 5.97 Å². The Bertz CT molecular complexity index is 1250. The quantitative estimate of drug-likeness (QED) is 0.217. The zero-order valence-corrected chi connectivity index (χ0v) is 18.2. The lowest BCUT2D eigenvalue weighted by Crippen LogP contribution is -2.03. The van der Waals surface area contributed by atoms with Gasteiger partial charge in [-0.2, -0.15) is 0 Å². The highest BCUT2D eigenvalue weighted by Gasteiger charge is 2.17. The van der Waals surface area contributed by atoms with Crippen molar-refractivity contribution in [3.8, 4) is 5.75 Å². The number of benzene rings is 1. The highest BCUT2D eigenvalue weighted by Crippen LogP contribution is 2.34. The Morgan fingerprint density at radius 3 is 2.82 bits per heavy atom. The van der Waals surface area contributed by atoms with Gasteiger partial charge in [0.05, 0.1) is 5.69 Å². The molecule has 33 heavy (non-hydrogen) atoms. The third kappa shape index (κ3) is 5.54. The molecule has 0 amide bonds. The number of carboxylic acid groups (broad SMARTS) is 1. The predicted molar refractivity (Wildman–Crippen MR) is 124 cm³/mol. The van der Waals surface area contributed by atoms with Crippen molar-refractivity contribution in [2.24, 2.45) is 5.16 Å². The molecule has 0 radical (unpaired) electrons. The molecule has 0 atom stereocenters. The van der Waals surface area contributed by atoms with Crippen LogP contribution in [-0.2, 0) is 29.1 Å². The second kappa shape index (κ2) is 10.4. The molecule has 0 bridgehead atoms. The number of hydrogen-bond acceptors (Lipinski definition) is 6. The largest absolute Gasteiger partial charge is 0.487 e. The summed E-state index contributed by atoms with van der Waals surface area (Å²) in [7, 11) is 0. The maximum atomic E-state index is 10.6. The van der Waals surface area contributed by atoms with Crippen LogP contribution < -0.4 is 4.74 Å². The number of ether oxygens (including phenoxy) is 1. The lowest BCUT2D eigenvalue weighted by Gasteiger charge is -2.14. The highest BCUT2D eigenvalue weighted by atomic mass is 16.6. The van der Waals surface area contributed by atoms with Gasteiger partial charge in [-0.1, -0.05) is 17.3 Å². The number of aromatic nitrogens is 3. The van der Waals surface area contributed by atoms with E-state index >= 15 is 0 Å². The van der Waals surface area contributed by atoms with Crippen LogP contribution in [0.4, 0.5) is 0 Å². The van der Waals surface area contributed by atoms with Crippen LogP contribution in [0.3, 0.4) is 0 Å². The standard InChI is InChI=1S/C25H24N4O4/c1-17-20(9-12-33-28-15-24(30)31)25-21(13-18-5-4-10-26-14-18)23(8-7-22(25)29-17)32-16-19-6-2-3-11-27-19/h2-8,10-11,14-15,29H,9,12-13,16H2,1H3,(H,30,31). The van der Waals surface area contributed by atoms with Crippen LogP contribution in [0.25, 0.3) is 10.9 Å². The van der Waals surface area contributed by atoms with Crippen molar-refractivity contribution in [1.29, 1.82) is 0 Å². The Hall–Kier alpha value is -4.20. The first-order valence-corrected chi connectivity index (χ1v) is 10.5. The predicted octanol–water partition coefficient (Wildman–Crippen LogP) is 4.07. The summed E-state index contributed by atoms with van der Waals surface area (Å²) in [6, 6.07) is 13.7. The summed E-state index contributed by atoms with van der Waals surface area (Å²) < 4.78 is 6.22. The molecule has 8 heteroatoms. The number of aryl methyl sites for hydroxylation is 1. The zero-order valence-electron chi connectivity index (χ0n) is 18.2. The third-order valence-electron chi connectivity index (χ3n) is 5.23. The first-order chi connectivity index (χ1) is 16.1. The second-order valence-electron chi connectivity index (χ2n) is 7.50. The van der Waals surface area contributed by atoms with E-state index in [0.29, 0.717) is 19.4 Å². The fourth-order valence-corrected chi connectivity index (χ4v) is 3.79. The number of H-pyrrole nitrogens is 1. The number of hydrogen-bond donors (Lipinski definition) is 2. The van der Waals surface area contributed by atoms with Crippen LogP contribution in [0.2, 0.25) is 0 Å². The van der Waals surface area contributed by atoms with Crippen LogP contribution in [-0.4, -0.2) is 38.8 Å². The summed E-state index contributed by atoms with van der Waals surface area (Å²) in [4.78, 5) is 27.8. The van der Waals surface area contributed by atoms with Crippen molar-refractivity contribution < 1.29 is 19.5 Å². The molecule has 2 N–H and O–H groups in total. The molecule has 3 aromatic heterocycles. The van der Waals surface area contributed by atoms with Crippen molar-refractivity contribution in [3.05, 3.63) is 89.1 Å². The molecule has 0 saturated carbocycles. The van der Waals surface area contributed by atoms with E-state index in [9.17, 15) is 4.79 Å². The van der Waals surface area contributed by atoms with Crippen LogP contribution in [0.5, 0.6) is 5.75 Å². The van der Waals surface area contributed by atoms with Gasteiger partial charge in [0.15, 0.2) is 6.21 Å². The number of aromatic amines is 1. The summed E-state index contributed by atoms with van der Waals surface area (Å²) in [6.07, 6.45) is 7.30. The monoisotopic (exact) mass is 444 g/mol. The van der Waals surface area contributed by atoms with Gasteiger partial charge in [-0.25, -0.2) is 4.79 Å². The molecule has 0 aliphatic heterocycles. The number of carboxylic acids is 1. The molecule has 0 spiro atoms. The van der Waals surface area contributed by atoms with Gasteiger partial charge in [0, 0.05) is 53.6 Å². The normalized spacial score (nSPS) is 11.2. The van der Waals surface area contributed by atoms with Crippen molar-refractivity contribution in [1.82, 2.24) is 15.0 Å². The summed E-state index contributed by atoms with van der Waals surface area (Å²) in [5.41, 5.74) is 6.06. The maximum absolute atomic E-state index is 10.6. The van der Waals surface area contributed by atoms with E-state index in [2.05, 4.69) is 20.1 Å². The summed E-state index contributed by atoms with van der Waals surface area (Å²) in [5.74, 6) is -0.367. The van der Waals surface area contributed by atoms with Crippen LogP contribution in [0.15, 0.2) is 66.2 Å². The SMILES string of the molecule is Cc1[nH]c2ccc(OCc3ccccn3)c(Cc3cccnc3)c2c1CCON=CC(=O)O. The Morgan fingerprint density at radius 2 is 2.06 bits per heavy atom. The van der Waals surface area contributed by atoms with Gasteiger partial charge < -0.3 is 19.7 Å². The number of oxime groups is 1. The molecule has 3 heterocycles. The minimum absolute atomic E-state index is 0.253. The average molecular weight is 444 g/mol. The van der Waals surface area contributed by atoms with E-state index in [-0.39, 0.29) is 6.61 Å². The van der Waals surface area contributed by atoms with E-state index in [1.807, 2.05) is 55.6 Å². The minimum atomic E-state index is -1.15. The number of nitrogens with zero attached hydrogens (tertiary/aromatic N) is 3. The lowest BCUT2D eigenvalue weighted by atomic mass is 9.97. The fraction of sp³-hybridized carbons (Fsp3) is 0.200. The molecular formula is C25H24N4O4. The van der Waals surface area contributed by atoms with E-state index in [4.69, 9.17) is 14.7 Å². The molecule has 0 aliphatic rings. The van der Waals surface area contributed by atoms with Gasteiger partial charge in [0.25, 0.3) is 0 Å². The number of nitrogens with one attached hydrogen (secondary N) is 1. The van der Waals surface area contributed by atoms with Crippen molar-refractivity contribution in [2.45, 2.75) is 26.4 Å². The van der Waals surface area contributed by atoms with Gasteiger partial charge in [0.2, 0.25) is 0 Å². The smallest absolute Gasteiger partial charge is 0.350 e. The topological polar surface area (TPSA) is 110 Å². The molecule has 0 unspecified atom stereocenters. The van der Waals surface area contributed by atoms with Gasteiger partial charge in [-0.05, 0) is 48.4 Å². The number of carbonyl (C=O) groups is 1. The number of fused-ring (bicyclic) bond motifs is 1. The second-order valence-corrected chi connectivity index (χ2v) is 7.50. The maximum Gasteiger partial charge on any atom is 0.350 e. The van der Waals surface area contributed by atoms with E-state index in [1.54, 1.807) is 12.4 Å². The lowest BCUT2D eigenvalue weighted by molar-refractivity contribution is -0.129. The minimum Gasteiger partial charge on any atom is -0.487 e. The molecule has 0 aliphatic carbocycles. The van der Waals surface area contributed by atoms with E-state index in [0.717, 1.165) is 50.9 Å². The average Bonchev–Trinajstić information content (AvgIpc) is 3.15. The number of aliphatic carboxylic acids is 1. The van der Waals surface area contributed by atoms with Crippen molar-refractivity contribution in [2.75, 3.05) is 6.61 Å². The third-order valence-corrected chi connectivity index (χ3v) is 5.23. The van der Waals surface area contributed by atoms with Crippen LogP contribution >= 0.6 is 0 Å². The molecule has 4 aromatic rings. The summed E-state index contributed by atoms with van der Waals surface area (Å²) >= 11 is 0. The Balaban J connectivity index is 1.68. The fourth-order valence-electron chi connectivity index (χ4n) is 3.79. The zero-order chi connectivity index (χ0) is 23.0. The Kier molecular flexibility index (Phi) is 6.94. The number of pyridine rings is 2. The molecule has 8 nitrogen and oxygen atoms in total. The first-order valence-electron chi connectivity index (χ1n) is 10.5. The summed E-state index contributed by atoms with van der Waals surface area (Å²) in [6.45, 7) is 2.62. The molecule has 4 rings (SSSR count). The molecule has 1 aromatic carbocycles. The van der Waals surface area contributed by atoms with E-state index < -0.39 is 5.97 Å². The van der Waals surface area contributed by atoms with Gasteiger partial charge in [0.1, 0.15) is 19.0 Å². The summed E-state index contributed by atoms with van der Waals surface area (Å²) in [5, 5.41) is 13.2. The first kappa shape index (κ1) is 22.0. The molecular weight excluding hydrogens is 420 g/mol. The van der Waals surface area contributed by atoms with Crippen LogP contribution in [0.1, 0.15) is 28.1 Å². The van der Waals surface area contributed by atoms with Gasteiger partial charge in [-0.15, -0.1) is 0 Å². The van der Waals surface area contributed by atoms with E-state index in [1.165, 1.54) is 0 Å². The Morgan fingerprint density at radius 1 is 1.15 bits per heavy atom. The number of rotatable bonds is 10.